The fourth-order valence-electron chi connectivity index (χ4n) is 1.49. The molecule has 4 heteroatoms. The van der Waals surface area contributed by atoms with Gasteiger partial charge in [-0.25, -0.2) is 0 Å². The largest absolute Gasteiger partial charge is 0.439 e. The lowest BCUT2D eigenvalue weighted by Gasteiger charge is -2.17. The first-order chi connectivity index (χ1) is 7.45. The summed E-state index contributed by atoms with van der Waals surface area (Å²) in [4.78, 5) is 11.3. The number of thiol groups is 2. The molecule has 0 unspecified atom stereocenters. The molecule has 0 aliphatic rings. The Balaban J connectivity index is 3.28. The highest BCUT2D eigenvalue weighted by molar-refractivity contribution is 8.00. The second-order valence-electron chi connectivity index (χ2n) is 4.28. The smallest absolute Gasteiger partial charge is 0.307 e. The molecule has 0 saturated carbocycles. The van der Waals surface area contributed by atoms with Gasteiger partial charge in [-0.1, -0.05) is 45.4 Å². The van der Waals surface area contributed by atoms with Crippen LogP contribution in [0.25, 0.3) is 0 Å². The topological polar surface area (TPSA) is 26.3 Å². The lowest BCUT2D eigenvalue weighted by molar-refractivity contribution is -0.145. The van der Waals surface area contributed by atoms with Gasteiger partial charge in [-0.2, -0.15) is 0 Å². The predicted molar refractivity (Wildman–Crippen MR) is 75.1 cm³/mol. The Morgan fingerprint density at radius 1 is 1.06 bits per heavy atom. The Morgan fingerprint density at radius 3 is 2.06 bits per heavy atom. The summed E-state index contributed by atoms with van der Waals surface area (Å²) in [7, 11) is 0. The Kier molecular flexibility index (Phi) is 9.32. The van der Waals surface area contributed by atoms with E-state index in [1.54, 1.807) is 6.92 Å². The Hall–Kier alpha value is 0.170. The molecular formula is C12H24O2S2. The van der Waals surface area contributed by atoms with Gasteiger partial charge in [0.15, 0.2) is 4.27 Å². The van der Waals surface area contributed by atoms with E-state index < -0.39 is 4.27 Å². The third-order valence-corrected chi connectivity index (χ3v) is 2.47. The van der Waals surface area contributed by atoms with Gasteiger partial charge in [-0.3, -0.25) is 4.79 Å². The van der Waals surface area contributed by atoms with Gasteiger partial charge in [-0.05, 0) is 13.3 Å². The molecule has 0 N–H and O–H groups in total. The summed E-state index contributed by atoms with van der Waals surface area (Å²) in [6, 6.07) is 0. The molecule has 0 bridgehead atoms. The first-order valence-corrected chi connectivity index (χ1v) is 7.01. The molecule has 16 heavy (non-hydrogen) atoms. The van der Waals surface area contributed by atoms with Crippen LogP contribution in [-0.2, 0) is 9.53 Å². The minimum Gasteiger partial charge on any atom is -0.439 e. The lowest BCUT2D eigenvalue weighted by Crippen LogP contribution is -2.18. The molecule has 0 saturated heterocycles. The molecule has 2 nitrogen and oxygen atoms in total. The minimum absolute atomic E-state index is 0.207. The Bertz CT molecular complexity index is 188. The number of rotatable bonds is 9. The van der Waals surface area contributed by atoms with Crippen molar-refractivity contribution in [2.75, 3.05) is 0 Å². The van der Waals surface area contributed by atoms with Crippen molar-refractivity contribution in [2.45, 2.75) is 69.5 Å². The summed E-state index contributed by atoms with van der Waals surface area (Å²) in [5, 5.41) is 0. The zero-order valence-corrected chi connectivity index (χ0v) is 12.2. The monoisotopic (exact) mass is 264 g/mol. The van der Waals surface area contributed by atoms with Crippen LogP contribution in [0.15, 0.2) is 0 Å². The van der Waals surface area contributed by atoms with E-state index >= 15 is 0 Å². The maximum Gasteiger partial charge on any atom is 0.307 e. The third kappa shape index (κ3) is 12.2. The number of hydrogen-bond donors (Lipinski definition) is 2. The van der Waals surface area contributed by atoms with Crippen molar-refractivity contribution in [3.05, 3.63) is 0 Å². The highest BCUT2D eigenvalue weighted by atomic mass is 32.2. The van der Waals surface area contributed by atoms with Crippen molar-refractivity contribution in [3.63, 3.8) is 0 Å². The molecule has 0 fully saturated rings. The van der Waals surface area contributed by atoms with Crippen molar-refractivity contribution in [1.82, 2.24) is 0 Å². The SMILES string of the molecule is CCCCCCCCCC(=O)OC(C)(S)S. The molecule has 0 spiro atoms. The van der Waals surface area contributed by atoms with E-state index in [4.69, 9.17) is 4.74 Å². The molecule has 0 heterocycles. The summed E-state index contributed by atoms with van der Waals surface area (Å²) in [6.07, 6.45) is 8.88. The molecule has 0 rings (SSSR count). The summed E-state index contributed by atoms with van der Waals surface area (Å²) in [5.74, 6) is -0.207. The van der Waals surface area contributed by atoms with E-state index in [2.05, 4.69) is 32.2 Å². The van der Waals surface area contributed by atoms with Crippen LogP contribution in [0.3, 0.4) is 0 Å². The Morgan fingerprint density at radius 2 is 1.56 bits per heavy atom. The molecule has 96 valence electrons. The van der Waals surface area contributed by atoms with Crippen molar-refractivity contribution in [1.29, 1.82) is 0 Å². The fourth-order valence-corrected chi connectivity index (χ4v) is 1.70. The maximum absolute atomic E-state index is 11.3. The maximum atomic E-state index is 11.3. The second-order valence-corrected chi connectivity index (χ2v) is 6.34. The normalized spacial score (nSPS) is 11.5. The van der Waals surface area contributed by atoms with Crippen molar-refractivity contribution in [3.8, 4) is 0 Å². The van der Waals surface area contributed by atoms with E-state index in [1.807, 2.05) is 0 Å². The van der Waals surface area contributed by atoms with Gasteiger partial charge in [0, 0.05) is 6.42 Å². The van der Waals surface area contributed by atoms with Crippen LogP contribution in [0.1, 0.15) is 65.2 Å². The molecule has 0 aromatic rings. The number of hydrogen-bond acceptors (Lipinski definition) is 4. The highest BCUT2D eigenvalue weighted by Gasteiger charge is 2.17. The Labute approximate surface area is 110 Å². The average Bonchev–Trinajstić information content (AvgIpc) is 2.13. The first-order valence-electron chi connectivity index (χ1n) is 6.12. The fraction of sp³-hybridized carbons (Fsp3) is 0.917. The third-order valence-electron chi connectivity index (χ3n) is 2.29. The van der Waals surface area contributed by atoms with Crippen LogP contribution in [0, 0.1) is 0 Å². The molecular weight excluding hydrogens is 240 g/mol. The van der Waals surface area contributed by atoms with Crippen LogP contribution in [-0.4, -0.2) is 10.2 Å². The van der Waals surface area contributed by atoms with Gasteiger partial charge < -0.3 is 4.74 Å². The molecule has 0 aliphatic heterocycles. The van der Waals surface area contributed by atoms with Crippen LogP contribution < -0.4 is 0 Å². The van der Waals surface area contributed by atoms with Gasteiger partial charge in [0.2, 0.25) is 0 Å². The molecule has 0 aliphatic carbocycles. The van der Waals surface area contributed by atoms with E-state index in [1.165, 1.54) is 32.1 Å². The van der Waals surface area contributed by atoms with Gasteiger partial charge in [0.05, 0.1) is 0 Å². The molecule has 0 aromatic carbocycles. The zero-order valence-electron chi connectivity index (χ0n) is 10.4. The summed E-state index contributed by atoms with van der Waals surface area (Å²) < 4.78 is 4.03. The summed E-state index contributed by atoms with van der Waals surface area (Å²) in [5.41, 5.74) is 0. The predicted octanol–water partition coefficient (Wildman–Crippen LogP) is 4.20. The molecule has 0 radical (unpaired) electrons. The molecule has 0 atom stereocenters. The van der Waals surface area contributed by atoms with Crippen LogP contribution in [0.4, 0.5) is 0 Å². The lowest BCUT2D eigenvalue weighted by atomic mass is 10.1. The van der Waals surface area contributed by atoms with Crippen LogP contribution in [0.2, 0.25) is 0 Å². The number of esters is 1. The van der Waals surface area contributed by atoms with Crippen LogP contribution in [0.5, 0.6) is 0 Å². The zero-order chi connectivity index (χ0) is 12.4. The number of unbranched alkanes of at least 4 members (excludes halogenated alkanes) is 6. The van der Waals surface area contributed by atoms with Crippen molar-refractivity contribution in [2.24, 2.45) is 0 Å². The van der Waals surface area contributed by atoms with E-state index in [9.17, 15) is 4.79 Å². The quantitative estimate of drug-likeness (QED) is 0.282. The van der Waals surface area contributed by atoms with Gasteiger partial charge in [0.1, 0.15) is 0 Å². The number of carbonyl (C=O) groups excluding carboxylic acids is 1. The minimum atomic E-state index is -0.946. The molecule has 0 amide bonds. The first kappa shape index (κ1) is 16.2. The number of carbonyl (C=O) groups is 1. The van der Waals surface area contributed by atoms with E-state index in [0.717, 1.165) is 12.8 Å². The summed E-state index contributed by atoms with van der Waals surface area (Å²) in [6.45, 7) is 3.85. The standard InChI is InChI=1S/C12H24O2S2/c1-3-4-5-6-7-8-9-10-11(13)14-12(2,15)16/h15-16H,3-10H2,1-2H3. The van der Waals surface area contributed by atoms with Crippen LogP contribution >= 0.6 is 25.3 Å². The highest BCUT2D eigenvalue weighted by Crippen LogP contribution is 2.21. The van der Waals surface area contributed by atoms with Gasteiger partial charge >= 0.3 is 5.97 Å². The van der Waals surface area contributed by atoms with E-state index in [-0.39, 0.29) is 5.97 Å². The van der Waals surface area contributed by atoms with Gasteiger partial charge in [-0.15, -0.1) is 25.3 Å². The second kappa shape index (κ2) is 9.23. The van der Waals surface area contributed by atoms with Crippen molar-refractivity contribution < 1.29 is 9.53 Å². The summed E-state index contributed by atoms with van der Waals surface area (Å²) >= 11 is 8.03. The van der Waals surface area contributed by atoms with E-state index in [0.29, 0.717) is 6.42 Å². The van der Waals surface area contributed by atoms with Crippen molar-refractivity contribution >= 4 is 31.2 Å². The molecule has 0 aromatic heterocycles. The van der Waals surface area contributed by atoms with Gasteiger partial charge in [0.25, 0.3) is 0 Å². The average molecular weight is 264 g/mol. The number of ether oxygens (including phenoxy) is 1.